The lowest BCUT2D eigenvalue weighted by Gasteiger charge is -2.04. The lowest BCUT2D eigenvalue weighted by atomic mass is 10.2. The molecule has 0 saturated carbocycles. The predicted octanol–water partition coefficient (Wildman–Crippen LogP) is 1.78. The van der Waals surface area contributed by atoms with Gasteiger partial charge in [-0.3, -0.25) is 9.89 Å². The van der Waals surface area contributed by atoms with E-state index >= 15 is 0 Å². The van der Waals surface area contributed by atoms with E-state index in [1.54, 1.807) is 11.6 Å². The van der Waals surface area contributed by atoms with E-state index in [1.807, 2.05) is 18.2 Å². The number of fused-ring (bicyclic) bond motifs is 1. The molecule has 3 rings (SSSR count). The molecule has 2 heterocycles. The molecule has 96 valence electrons. The van der Waals surface area contributed by atoms with Crippen molar-refractivity contribution in [2.45, 2.75) is 6.42 Å². The van der Waals surface area contributed by atoms with Gasteiger partial charge in [0.15, 0.2) is 5.13 Å². The Hall–Kier alpha value is -2.41. The van der Waals surface area contributed by atoms with Crippen molar-refractivity contribution in [3.05, 3.63) is 35.5 Å². The largest absolute Gasteiger partial charge is 0.375 e. The van der Waals surface area contributed by atoms with Crippen molar-refractivity contribution in [1.82, 2.24) is 15.2 Å². The molecular weight excluding hydrogens is 262 g/mol. The molecule has 7 heteroatoms. The highest BCUT2D eigenvalue weighted by Gasteiger charge is 2.09. The van der Waals surface area contributed by atoms with Crippen LogP contribution in [0.15, 0.2) is 29.8 Å². The van der Waals surface area contributed by atoms with E-state index in [-0.39, 0.29) is 12.3 Å². The Bertz CT molecular complexity index is 732. The summed E-state index contributed by atoms with van der Waals surface area (Å²) in [4.78, 5) is 16.0. The zero-order valence-electron chi connectivity index (χ0n) is 9.88. The Morgan fingerprint density at radius 1 is 1.47 bits per heavy atom. The zero-order chi connectivity index (χ0) is 13.2. The number of carbonyl (C=O) groups excluding carboxylic acids is 1. The molecule has 3 aromatic rings. The van der Waals surface area contributed by atoms with E-state index in [0.717, 1.165) is 10.9 Å². The summed E-state index contributed by atoms with van der Waals surface area (Å²) in [5.41, 5.74) is 7.73. The molecule has 2 aromatic heterocycles. The van der Waals surface area contributed by atoms with Crippen LogP contribution < -0.4 is 11.1 Å². The number of nitrogens with zero attached hydrogens (tertiary/aromatic N) is 2. The first-order valence-electron chi connectivity index (χ1n) is 5.64. The topological polar surface area (TPSA) is 96.7 Å². The third-order valence-corrected chi connectivity index (χ3v) is 3.38. The van der Waals surface area contributed by atoms with Gasteiger partial charge in [0.25, 0.3) is 0 Å². The lowest BCUT2D eigenvalue weighted by Crippen LogP contribution is -2.14. The summed E-state index contributed by atoms with van der Waals surface area (Å²) in [6.45, 7) is 0. The number of hydrogen-bond acceptors (Lipinski definition) is 5. The van der Waals surface area contributed by atoms with Crippen LogP contribution >= 0.6 is 11.3 Å². The smallest absolute Gasteiger partial charge is 0.230 e. The van der Waals surface area contributed by atoms with E-state index in [9.17, 15) is 4.79 Å². The van der Waals surface area contributed by atoms with Crippen molar-refractivity contribution in [3.63, 3.8) is 0 Å². The number of rotatable bonds is 3. The van der Waals surface area contributed by atoms with E-state index in [0.29, 0.717) is 16.5 Å². The first kappa shape index (κ1) is 11.7. The van der Waals surface area contributed by atoms with Crippen molar-refractivity contribution in [3.8, 4) is 0 Å². The second-order valence-corrected chi connectivity index (χ2v) is 4.93. The van der Waals surface area contributed by atoms with Gasteiger partial charge >= 0.3 is 0 Å². The molecule has 19 heavy (non-hydrogen) atoms. The Labute approximate surface area is 112 Å². The zero-order valence-corrected chi connectivity index (χ0v) is 10.7. The first-order chi connectivity index (χ1) is 9.22. The number of hydrogen-bond donors (Lipinski definition) is 3. The number of H-pyrrole nitrogens is 1. The summed E-state index contributed by atoms with van der Waals surface area (Å²) < 4.78 is 0. The van der Waals surface area contributed by atoms with Crippen LogP contribution in [0.5, 0.6) is 0 Å². The van der Waals surface area contributed by atoms with Gasteiger partial charge in [-0.05, 0) is 6.07 Å². The quantitative estimate of drug-likeness (QED) is 0.677. The minimum atomic E-state index is -0.132. The second-order valence-electron chi connectivity index (χ2n) is 4.04. The molecule has 0 atom stereocenters. The number of carbonyl (C=O) groups is 1. The molecule has 0 aliphatic heterocycles. The number of aromatic amines is 1. The van der Waals surface area contributed by atoms with Crippen molar-refractivity contribution in [2.75, 3.05) is 11.1 Å². The fourth-order valence-electron chi connectivity index (χ4n) is 1.84. The van der Waals surface area contributed by atoms with Crippen molar-refractivity contribution < 1.29 is 4.79 Å². The Morgan fingerprint density at radius 2 is 2.37 bits per heavy atom. The fraction of sp³-hybridized carbons (Fsp3) is 0.0833. The van der Waals surface area contributed by atoms with E-state index < -0.39 is 0 Å². The van der Waals surface area contributed by atoms with Crippen LogP contribution in [-0.2, 0) is 11.2 Å². The number of para-hydroxylation sites is 1. The maximum Gasteiger partial charge on any atom is 0.230 e. The molecule has 0 unspecified atom stereocenters. The van der Waals surface area contributed by atoms with Crippen LogP contribution in [0.1, 0.15) is 5.69 Å². The van der Waals surface area contributed by atoms with Gasteiger partial charge < -0.3 is 11.1 Å². The number of aromatic nitrogens is 3. The van der Waals surface area contributed by atoms with Crippen LogP contribution in [0.3, 0.4) is 0 Å². The van der Waals surface area contributed by atoms with E-state index in [4.69, 9.17) is 5.73 Å². The van der Waals surface area contributed by atoms with Crippen LogP contribution in [0.4, 0.5) is 10.8 Å². The third kappa shape index (κ3) is 2.41. The summed E-state index contributed by atoms with van der Waals surface area (Å²) in [5.74, 6) is -0.132. The van der Waals surface area contributed by atoms with Gasteiger partial charge in [-0.2, -0.15) is 5.10 Å². The molecule has 6 nitrogen and oxygen atoms in total. The molecule has 4 N–H and O–H groups in total. The number of nitrogen functional groups attached to an aromatic ring is 1. The highest BCUT2D eigenvalue weighted by Crippen LogP contribution is 2.20. The van der Waals surface area contributed by atoms with Gasteiger partial charge in [-0.15, -0.1) is 11.3 Å². The van der Waals surface area contributed by atoms with Crippen molar-refractivity contribution >= 4 is 39.0 Å². The Kier molecular flexibility index (Phi) is 2.88. The number of anilines is 2. The standard InChI is InChI=1S/C12H11N5OS/c13-12-15-8(6-19-12)4-10(18)16-9-3-1-2-7-5-14-17-11(7)9/h1-3,5-6H,4H2,(H2,13,15)(H,14,17)(H,16,18). The van der Waals surface area contributed by atoms with E-state index in [1.165, 1.54) is 11.3 Å². The van der Waals surface area contributed by atoms with Gasteiger partial charge in [-0.25, -0.2) is 4.98 Å². The fourth-order valence-corrected chi connectivity index (χ4v) is 2.40. The minimum Gasteiger partial charge on any atom is -0.375 e. The summed E-state index contributed by atoms with van der Waals surface area (Å²) in [7, 11) is 0. The summed E-state index contributed by atoms with van der Waals surface area (Å²) in [5, 5.41) is 12.9. The van der Waals surface area contributed by atoms with Crippen LogP contribution in [0.25, 0.3) is 10.9 Å². The second kappa shape index (κ2) is 4.69. The molecule has 0 spiro atoms. The van der Waals surface area contributed by atoms with Crippen LogP contribution in [0, 0.1) is 0 Å². The van der Waals surface area contributed by atoms with Gasteiger partial charge in [0, 0.05) is 10.8 Å². The summed E-state index contributed by atoms with van der Waals surface area (Å²) in [6, 6.07) is 5.62. The molecule has 0 bridgehead atoms. The van der Waals surface area contributed by atoms with Gasteiger partial charge in [0.2, 0.25) is 5.91 Å². The van der Waals surface area contributed by atoms with E-state index in [2.05, 4.69) is 20.5 Å². The predicted molar refractivity (Wildman–Crippen MR) is 75.0 cm³/mol. The normalized spacial score (nSPS) is 10.7. The maximum atomic E-state index is 11.9. The molecule has 0 saturated heterocycles. The van der Waals surface area contributed by atoms with Crippen LogP contribution in [-0.4, -0.2) is 21.1 Å². The Balaban J connectivity index is 1.77. The summed E-state index contributed by atoms with van der Waals surface area (Å²) in [6.07, 6.45) is 1.92. The average Bonchev–Trinajstić information content (AvgIpc) is 2.98. The number of nitrogens with two attached hydrogens (primary N) is 1. The van der Waals surface area contributed by atoms with Gasteiger partial charge in [0.05, 0.1) is 29.5 Å². The average molecular weight is 273 g/mol. The number of thiazole rings is 1. The number of benzene rings is 1. The molecule has 1 aromatic carbocycles. The molecule has 0 radical (unpaired) electrons. The SMILES string of the molecule is Nc1nc(CC(=O)Nc2cccc3cn[nH]c23)cs1. The first-order valence-corrected chi connectivity index (χ1v) is 6.52. The third-order valence-electron chi connectivity index (χ3n) is 2.66. The molecular formula is C12H11N5OS. The maximum absolute atomic E-state index is 11.9. The molecule has 0 aliphatic carbocycles. The minimum absolute atomic E-state index is 0.132. The van der Waals surface area contributed by atoms with Crippen LogP contribution in [0.2, 0.25) is 0 Å². The van der Waals surface area contributed by atoms with Crippen molar-refractivity contribution in [1.29, 1.82) is 0 Å². The number of amides is 1. The molecule has 1 amide bonds. The van der Waals surface area contributed by atoms with Crippen molar-refractivity contribution in [2.24, 2.45) is 0 Å². The van der Waals surface area contributed by atoms with Gasteiger partial charge in [0.1, 0.15) is 0 Å². The number of nitrogens with one attached hydrogen (secondary N) is 2. The highest BCUT2D eigenvalue weighted by molar-refractivity contribution is 7.13. The summed E-state index contributed by atoms with van der Waals surface area (Å²) >= 11 is 1.33. The highest BCUT2D eigenvalue weighted by atomic mass is 32.1. The molecule has 0 aliphatic rings. The Morgan fingerprint density at radius 3 is 3.16 bits per heavy atom. The van der Waals surface area contributed by atoms with Gasteiger partial charge in [-0.1, -0.05) is 12.1 Å². The monoisotopic (exact) mass is 273 g/mol. The molecule has 0 fully saturated rings. The lowest BCUT2D eigenvalue weighted by molar-refractivity contribution is -0.115.